The van der Waals surface area contributed by atoms with Crippen LogP contribution in [0.1, 0.15) is 22.9 Å². The molecule has 7 heteroatoms. The van der Waals surface area contributed by atoms with Gasteiger partial charge in [0.25, 0.3) is 0 Å². The molecule has 0 bridgehead atoms. The van der Waals surface area contributed by atoms with Crippen LogP contribution in [-0.2, 0) is 9.53 Å². The van der Waals surface area contributed by atoms with E-state index in [1.807, 2.05) is 28.8 Å². The van der Waals surface area contributed by atoms with Crippen molar-refractivity contribution in [3.63, 3.8) is 0 Å². The summed E-state index contributed by atoms with van der Waals surface area (Å²) in [6.45, 7) is 5.98. The minimum atomic E-state index is -0.171. The van der Waals surface area contributed by atoms with Crippen molar-refractivity contribution in [1.82, 2.24) is 19.6 Å². The third-order valence-corrected chi connectivity index (χ3v) is 5.53. The summed E-state index contributed by atoms with van der Waals surface area (Å²) in [7, 11) is 0. The fraction of sp³-hybridized carbons (Fsp3) is 0.304. The minimum Gasteiger partial charge on any atom is -0.379 e. The molecule has 2 aromatic heterocycles. The molecule has 1 aromatic carbocycles. The zero-order valence-corrected chi connectivity index (χ0v) is 17.7. The summed E-state index contributed by atoms with van der Waals surface area (Å²) in [6.07, 6.45) is 5.10. The van der Waals surface area contributed by atoms with Crippen molar-refractivity contribution in [2.45, 2.75) is 13.0 Å². The average molecular weight is 425 g/mol. The Labute approximate surface area is 181 Å². The van der Waals surface area contributed by atoms with Crippen molar-refractivity contribution in [2.24, 2.45) is 0 Å². The molecule has 30 heavy (non-hydrogen) atoms. The first-order valence-corrected chi connectivity index (χ1v) is 10.5. The van der Waals surface area contributed by atoms with E-state index in [2.05, 4.69) is 46.4 Å². The molecule has 1 N–H and O–H groups in total. The average Bonchev–Trinajstić information content (AvgIpc) is 3.08. The molecule has 3 heterocycles. The first-order chi connectivity index (χ1) is 14.6. The Balaban J connectivity index is 1.51. The van der Waals surface area contributed by atoms with Crippen LogP contribution in [-0.4, -0.2) is 53.0 Å². The number of hydrogen-bond acceptors (Lipinski definition) is 4. The number of fused-ring (bicyclic) bond motifs is 1. The number of pyridine rings is 1. The number of imidazole rings is 1. The van der Waals surface area contributed by atoms with Crippen LogP contribution in [0.15, 0.2) is 54.7 Å². The Morgan fingerprint density at radius 2 is 2.00 bits per heavy atom. The third kappa shape index (κ3) is 4.90. The molecule has 0 spiro atoms. The Bertz CT molecular complexity index is 1040. The molecule has 1 fully saturated rings. The van der Waals surface area contributed by atoms with Crippen molar-refractivity contribution >= 4 is 29.2 Å². The van der Waals surface area contributed by atoms with E-state index in [0.717, 1.165) is 44.1 Å². The first kappa shape index (κ1) is 20.6. The normalized spacial score (nSPS) is 16.2. The van der Waals surface area contributed by atoms with Gasteiger partial charge in [-0.2, -0.15) is 0 Å². The van der Waals surface area contributed by atoms with Gasteiger partial charge in [0, 0.05) is 31.9 Å². The van der Waals surface area contributed by atoms with Gasteiger partial charge in [-0.3, -0.25) is 14.1 Å². The molecular formula is C23H25ClN4O2. The fourth-order valence-electron chi connectivity index (χ4n) is 3.58. The number of amides is 1. The number of carbonyl (C=O) groups excluding carboxylic acids is 1. The van der Waals surface area contributed by atoms with Crippen LogP contribution >= 0.6 is 11.6 Å². The van der Waals surface area contributed by atoms with E-state index in [4.69, 9.17) is 16.3 Å². The van der Waals surface area contributed by atoms with E-state index >= 15 is 0 Å². The SMILES string of the molecule is Cc1ccc([C@H](CN2CCOCC2)NC(=O)/C=C/c2c(Cl)nc3ccccn23)cc1. The van der Waals surface area contributed by atoms with Gasteiger partial charge < -0.3 is 10.1 Å². The summed E-state index contributed by atoms with van der Waals surface area (Å²) in [5, 5.41) is 3.52. The predicted octanol–water partition coefficient (Wildman–Crippen LogP) is 3.50. The minimum absolute atomic E-state index is 0.112. The quantitative estimate of drug-likeness (QED) is 0.615. The number of hydrogen-bond donors (Lipinski definition) is 1. The second-order valence-corrected chi connectivity index (χ2v) is 7.79. The molecule has 1 amide bonds. The summed E-state index contributed by atoms with van der Waals surface area (Å²) in [4.78, 5) is 19.4. The number of nitrogens with one attached hydrogen (secondary N) is 1. The smallest absolute Gasteiger partial charge is 0.244 e. The lowest BCUT2D eigenvalue weighted by molar-refractivity contribution is -0.117. The van der Waals surface area contributed by atoms with Gasteiger partial charge in [0.1, 0.15) is 5.65 Å². The van der Waals surface area contributed by atoms with Crippen LogP contribution in [0, 0.1) is 6.92 Å². The van der Waals surface area contributed by atoms with Gasteiger partial charge in [-0.15, -0.1) is 0 Å². The van der Waals surface area contributed by atoms with E-state index in [1.54, 1.807) is 6.08 Å². The molecule has 156 valence electrons. The fourth-order valence-corrected chi connectivity index (χ4v) is 3.83. The number of aryl methyl sites for hydroxylation is 1. The van der Waals surface area contributed by atoms with Crippen LogP contribution in [0.4, 0.5) is 0 Å². The van der Waals surface area contributed by atoms with Gasteiger partial charge in [0.05, 0.1) is 24.9 Å². The molecule has 6 nitrogen and oxygen atoms in total. The molecular weight excluding hydrogens is 400 g/mol. The maximum atomic E-state index is 12.8. The Morgan fingerprint density at radius 3 is 2.77 bits per heavy atom. The molecule has 3 aromatic rings. The Morgan fingerprint density at radius 1 is 1.23 bits per heavy atom. The highest BCUT2D eigenvalue weighted by atomic mass is 35.5. The summed E-state index contributed by atoms with van der Waals surface area (Å²) in [6, 6.07) is 13.9. The number of ether oxygens (including phenoxy) is 1. The van der Waals surface area contributed by atoms with Crippen molar-refractivity contribution < 1.29 is 9.53 Å². The number of halogens is 1. The number of rotatable bonds is 6. The van der Waals surface area contributed by atoms with E-state index in [0.29, 0.717) is 10.8 Å². The van der Waals surface area contributed by atoms with Gasteiger partial charge in [0.2, 0.25) is 5.91 Å². The molecule has 1 aliphatic heterocycles. The molecule has 0 radical (unpaired) electrons. The number of benzene rings is 1. The van der Waals surface area contributed by atoms with E-state index in [9.17, 15) is 4.79 Å². The van der Waals surface area contributed by atoms with Crippen molar-refractivity contribution in [3.05, 3.63) is 76.7 Å². The number of carbonyl (C=O) groups is 1. The van der Waals surface area contributed by atoms with Crippen LogP contribution < -0.4 is 5.32 Å². The summed E-state index contributed by atoms with van der Waals surface area (Å²) >= 11 is 6.26. The van der Waals surface area contributed by atoms with Crippen LogP contribution in [0.3, 0.4) is 0 Å². The molecule has 4 rings (SSSR count). The highest BCUT2D eigenvalue weighted by Gasteiger charge is 2.19. The van der Waals surface area contributed by atoms with Crippen molar-refractivity contribution in [1.29, 1.82) is 0 Å². The van der Waals surface area contributed by atoms with Gasteiger partial charge in [0.15, 0.2) is 5.15 Å². The van der Waals surface area contributed by atoms with Crippen molar-refractivity contribution in [2.75, 3.05) is 32.8 Å². The maximum absolute atomic E-state index is 12.8. The summed E-state index contributed by atoms with van der Waals surface area (Å²) in [5.74, 6) is -0.171. The predicted molar refractivity (Wildman–Crippen MR) is 119 cm³/mol. The van der Waals surface area contributed by atoms with Crippen LogP contribution in [0.25, 0.3) is 11.7 Å². The monoisotopic (exact) mass is 424 g/mol. The summed E-state index contributed by atoms with van der Waals surface area (Å²) in [5.41, 5.74) is 3.70. The molecule has 1 aliphatic rings. The Hall–Kier alpha value is -2.67. The zero-order valence-electron chi connectivity index (χ0n) is 16.9. The highest BCUT2D eigenvalue weighted by Crippen LogP contribution is 2.20. The van der Waals surface area contributed by atoms with Crippen LogP contribution in [0.2, 0.25) is 5.15 Å². The topological polar surface area (TPSA) is 58.9 Å². The molecule has 0 saturated carbocycles. The number of aromatic nitrogens is 2. The van der Waals surface area contributed by atoms with E-state index < -0.39 is 0 Å². The molecule has 0 aliphatic carbocycles. The largest absolute Gasteiger partial charge is 0.379 e. The standard InChI is InChI=1S/C23H25ClN4O2/c1-17-5-7-18(8-6-17)19(16-27-12-14-30-15-13-27)25-22(29)10-9-20-23(24)26-21-4-2-3-11-28(20)21/h2-11,19H,12-16H2,1H3,(H,25,29)/b10-9+/t19-/m0/s1. The second kappa shape index (κ2) is 9.43. The second-order valence-electron chi connectivity index (χ2n) is 7.43. The summed E-state index contributed by atoms with van der Waals surface area (Å²) < 4.78 is 7.31. The first-order valence-electron chi connectivity index (χ1n) is 10.1. The van der Waals surface area contributed by atoms with Gasteiger partial charge in [-0.1, -0.05) is 47.5 Å². The lowest BCUT2D eigenvalue weighted by atomic mass is 10.0. The lowest BCUT2D eigenvalue weighted by Crippen LogP contribution is -2.42. The molecule has 1 atom stereocenters. The Kier molecular flexibility index (Phi) is 6.47. The highest BCUT2D eigenvalue weighted by molar-refractivity contribution is 6.31. The maximum Gasteiger partial charge on any atom is 0.244 e. The zero-order chi connectivity index (χ0) is 20.9. The van der Waals surface area contributed by atoms with E-state index in [1.165, 1.54) is 11.6 Å². The molecule has 1 saturated heterocycles. The number of nitrogens with zero attached hydrogens (tertiary/aromatic N) is 3. The van der Waals surface area contributed by atoms with E-state index in [-0.39, 0.29) is 11.9 Å². The number of morpholine rings is 1. The van der Waals surface area contributed by atoms with Crippen molar-refractivity contribution in [3.8, 4) is 0 Å². The lowest BCUT2D eigenvalue weighted by Gasteiger charge is -2.31. The third-order valence-electron chi connectivity index (χ3n) is 5.26. The van der Waals surface area contributed by atoms with Gasteiger partial charge >= 0.3 is 0 Å². The van der Waals surface area contributed by atoms with Gasteiger partial charge in [-0.25, -0.2) is 4.98 Å². The van der Waals surface area contributed by atoms with Crippen LogP contribution in [0.5, 0.6) is 0 Å². The molecule has 0 unspecified atom stereocenters. The van der Waals surface area contributed by atoms with Gasteiger partial charge in [-0.05, 0) is 30.7 Å².